The lowest BCUT2D eigenvalue weighted by atomic mass is 10.2. The summed E-state index contributed by atoms with van der Waals surface area (Å²) in [5.41, 5.74) is 1.77. The average Bonchev–Trinajstić information content (AvgIpc) is 2.47. The van der Waals surface area contributed by atoms with Gasteiger partial charge in [-0.2, -0.15) is 0 Å². The minimum atomic E-state index is -0.205. The molecule has 0 spiro atoms. The highest BCUT2D eigenvalue weighted by Gasteiger charge is 2.17. The summed E-state index contributed by atoms with van der Waals surface area (Å²) >= 11 is 2.12. The minimum absolute atomic E-state index is 0.0148. The molecule has 0 bridgehead atoms. The van der Waals surface area contributed by atoms with Gasteiger partial charge in [-0.15, -0.1) is 0 Å². The Bertz CT molecular complexity index is 731. The van der Waals surface area contributed by atoms with Crippen LogP contribution in [-0.4, -0.2) is 18.4 Å². The third-order valence-corrected chi connectivity index (χ3v) is 3.93. The van der Waals surface area contributed by atoms with Gasteiger partial charge in [-0.1, -0.05) is 12.1 Å². The summed E-state index contributed by atoms with van der Waals surface area (Å²) in [6.07, 6.45) is 0. The molecule has 0 aliphatic carbocycles. The maximum atomic E-state index is 12.2. The zero-order valence-corrected chi connectivity index (χ0v) is 13.0. The number of carbonyl (C=O) groups excluding carboxylic acids is 2. The number of hydrogen-bond donors (Lipinski definition) is 2. The largest absolute Gasteiger partial charge is 0.482 e. The Morgan fingerprint density at radius 3 is 2.86 bits per heavy atom. The maximum absolute atomic E-state index is 12.2. The van der Waals surface area contributed by atoms with Gasteiger partial charge >= 0.3 is 0 Å². The van der Waals surface area contributed by atoms with Gasteiger partial charge in [0.15, 0.2) is 6.61 Å². The Balaban J connectivity index is 1.82. The number of halogens is 1. The van der Waals surface area contributed by atoms with Gasteiger partial charge in [0.2, 0.25) is 0 Å². The fourth-order valence-corrected chi connectivity index (χ4v) is 2.64. The van der Waals surface area contributed by atoms with Crippen molar-refractivity contribution in [2.45, 2.75) is 0 Å². The number of rotatable bonds is 2. The van der Waals surface area contributed by atoms with Gasteiger partial charge in [0.1, 0.15) is 5.75 Å². The number of amides is 2. The van der Waals surface area contributed by atoms with E-state index in [0.29, 0.717) is 22.7 Å². The summed E-state index contributed by atoms with van der Waals surface area (Å²) in [4.78, 5) is 23.5. The highest BCUT2D eigenvalue weighted by Crippen LogP contribution is 2.30. The molecule has 0 saturated heterocycles. The van der Waals surface area contributed by atoms with Gasteiger partial charge < -0.3 is 15.4 Å². The van der Waals surface area contributed by atoms with Crippen LogP contribution in [0.4, 0.5) is 11.4 Å². The fourth-order valence-electron chi connectivity index (χ4n) is 2.00. The highest BCUT2D eigenvalue weighted by molar-refractivity contribution is 14.1. The SMILES string of the molecule is O=C1COc2ccc(NC(=O)c3ccccc3I)cc2N1. The smallest absolute Gasteiger partial charge is 0.262 e. The molecule has 5 nitrogen and oxygen atoms in total. The first-order valence-corrected chi connectivity index (χ1v) is 7.34. The molecule has 6 heteroatoms. The predicted octanol–water partition coefficient (Wildman–Crippen LogP) is 2.87. The molecule has 2 amide bonds. The summed E-state index contributed by atoms with van der Waals surface area (Å²) in [6, 6.07) is 12.5. The van der Waals surface area contributed by atoms with E-state index in [1.165, 1.54) is 0 Å². The number of carbonyl (C=O) groups is 2. The molecular formula is C15H11IN2O3. The zero-order chi connectivity index (χ0) is 14.8. The van der Waals surface area contributed by atoms with Gasteiger partial charge in [-0.3, -0.25) is 9.59 Å². The van der Waals surface area contributed by atoms with E-state index in [1.807, 2.05) is 18.2 Å². The summed E-state index contributed by atoms with van der Waals surface area (Å²) in [5.74, 6) is 0.202. The van der Waals surface area contributed by atoms with Crippen molar-refractivity contribution in [3.05, 3.63) is 51.6 Å². The van der Waals surface area contributed by atoms with Crippen molar-refractivity contribution in [1.82, 2.24) is 0 Å². The normalized spacial score (nSPS) is 12.9. The van der Waals surface area contributed by atoms with Crippen LogP contribution in [0.15, 0.2) is 42.5 Å². The standard InChI is InChI=1S/C15H11IN2O3/c16-11-4-2-1-3-10(11)15(20)17-9-5-6-13-12(7-9)18-14(19)8-21-13/h1-7H,8H2,(H,17,20)(H,18,19). The van der Waals surface area contributed by atoms with E-state index in [4.69, 9.17) is 4.74 Å². The first-order valence-electron chi connectivity index (χ1n) is 6.26. The van der Waals surface area contributed by atoms with Gasteiger partial charge in [-0.25, -0.2) is 0 Å². The van der Waals surface area contributed by atoms with E-state index in [2.05, 4.69) is 33.2 Å². The van der Waals surface area contributed by atoms with Gasteiger partial charge in [0.25, 0.3) is 11.8 Å². The Morgan fingerprint density at radius 2 is 2.05 bits per heavy atom. The fraction of sp³-hybridized carbons (Fsp3) is 0.0667. The molecule has 0 radical (unpaired) electrons. The van der Waals surface area contributed by atoms with E-state index in [0.717, 1.165) is 3.57 Å². The Kier molecular flexibility index (Phi) is 3.78. The van der Waals surface area contributed by atoms with Gasteiger partial charge in [0.05, 0.1) is 11.3 Å². The third-order valence-electron chi connectivity index (χ3n) is 2.99. The van der Waals surface area contributed by atoms with Crippen molar-refractivity contribution in [1.29, 1.82) is 0 Å². The van der Waals surface area contributed by atoms with Crippen molar-refractivity contribution >= 4 is 45.8 Å². The lowest BCUT2D eigenvalue weighted by Crippen LogP contribution is -2.25. The topological polar surface area (TPSA) is 67.4 Å². The predicted molar refractivity (Wildman–Crippen MR) is 87.7 cm³/mol. The molecular weight excluding hydrogens is 383 g/mol. The van der Waals surface area contributed by atoms with E-state index in [9.17, 15) is 9.59 Å². The molecule has 0 atom stereocenters. The van der Waals surface area contributed by atoms with Crippen molar-refractivity contribution in [2.24, 2.45) is 0 Å². The Hall–Kier alpha value is -2.09. The number of hydrogen-bond acceptors (Lipinski definition) is 3. The molecule has 21 heavy (non-hydrogen) atoms. The highest BCUT2D eigenvalue weighted by atomic mass is 127. The first-order chi connectivity index (χ1) is 10.1. The van der Waals surface area contributed by atoms with Crippen LogP contribution in [0.25, 0.3) is 0 Å². The number of anilines is 2. The van der Waals surface area contributed by atoms with Gasteiger partial charge in [0, 0.05) is 9.26 Å². The minimum Gasteiger partial charge on any atom is -0.482 e. The van der Waals surface area contributed by atoms with Crippen LogP contribution in [0.3, 0.4) is 0 Å². The molecule has 0 aromatic heterocycles. The van der Waals surface area contributed by atoms with Crippen LogP contribution in [-0.2, 0) is 4.79 Å². The molecule has 2 N–H and O–H groups in total. The molecule has 0 fully saturated rings. The second-order valence-corrected chi connectivity index (χ2v) is 5.64. The van der Waals surface area contributed by atoms with E-state index in [1.54, 1.807) is 24.3 Å². The summed E-state index contributed by atoms with van der Waals surface area (Å²) < 4.78 is 6.15. The molecule has 1 heterocycles. The summed E-state index contributed by atoms with van der Waals surface area (Å²) in [5, 5.41) is 5.52. The van der Waals surface area contributed by atoms with Crippen molar-refractivity contribution in [2.75, 3.05) is 17.2 Å². The lowest BCUT2D eigenvalue weighted by Gasteiger charge is -2.18. The van der Waals surface area contributed by atoms with Crippen LogP contribution in [0.1, 0.15) is 10.4 Å². The average molecular weight is 394 g/mol. The second-order valence-electron chi connectivity index (χ2n) is 4.48. The van der Waals surface area contributed by atoms with E-state index < -0.39 is 0 Å². The zero-order valence-electron chi connectivity index (χ0n) is 10.9. The van der Waals surface area contributed by atoms with Crippen molar-refractivity contribution in [3.63, 3.8) is 0 Å². The molecule has 0 unspecified atom stereocenters. The molecule has 2 aromatic rings. The van der Waals surface area contributed by atoms with Crippen molar-refractivity contribution in [3.8, 4) is 5.75 Å². The molecule has 1 aliphatic heterocycles. The number of benzene rings is 2. The van der Waals surface area contributed by atoms with E-state index in [-0.39, 0.29) is 18.4 Å². The van der Waals surface area contributed by atoms with E-state index >= 15 is 0 Å². The van der Waals surface area contributed by atoms with Crippen LogP contribution >= 0.6 is 22.6 Å². The van der Waals surface area contributed by atoms with Gasteiger partial charge in [-0.05, 0) is 52.9 Å². The molecule has 2 aromatic carbocycles. The summed E-state index contributed by atoms with van der Waals surface area (Å²) in [6.45, 7) is 0.0148. The first kappa shape index (κ1) is 13.9. The van der Waals surface area contributed by atoms with Crippen LogP contribution in [0, 0.1) is 3.57 Å². The number of ether oxygens (including phenoxy) is 1. The quantitative estimate of drug-likeness (QED) is 0.770. The lowest BCUT2D eigenvalue weighted by molar-refractivity contribution is -0.118. The molecule has 1 aliphatic rings. The molecule has 0 saturated carbocycles. The Labute approximate surface area is 134 Å². The third kappa shape index (κ3) is 2.99. The van der Waals surface area contributed by atoms with Crippen LogP contribution < -0.4 is 15.4 Å². The van der Waals surface area contributed by atoms with Crippen molar-refractivity contribution < 1.29 is 14.3 Å². The second kappa shape index (κ2) is 5.72. The number of nitrogens with one attached hydrogen (secondary N) is 2. The maximum Gasteiger partial charge on any atom is 0.262 e. The summed E-state index contributed by atoms with van der Waals surface area (Å²) in [7, 11) is 0. The van der Waals surface area contributed by atoms with Crippen LogP contribution in [0.5, 0.6) is 5.75 Å². The Morgan fingerprint density at radius 1 is 1.24 bits per heavy atom. The number of fused-ring (bicyclic) bond motifs is 1. The monoisotopic (exact) mass is 394 g/mol. The molecule has 106 valence electrons. The molecule has 3 rings (SSSR count). The van der Waals surface area contributed by atoms with Crippen LogP contribution in [0.2, 0.25) is 0 Å².